The monoisotopic (exact) mass is 354 g/mol. The Bertz CT molecular complexity index is 788. The van der Waals surface area contributed by atoms with Gasteiger partial charge in [0.05, 0.1) is 17.1 Å². The molecule has 1 amide bonds. The lowest BCUT2D eigenvalue weighted by Crippen LogP contribution is -2.32. The first-order valence-corrected chi connectivity index (χ1v) is 9.11. The van der Waals surface area contributed by atoms with Gasteiger partial charge in [-0.1, -0.05) is 42.5 Å². The molecule has 1 atom stereocenters. The standard InChI is InChI=1S/C20H19FN2OS/c21-17-8-6-16(7-9-17)19(12-15-4-2-1-3-5-15)20(24)22-11-10-18-13-25-14-23-18/h1-9,13-14,19H,10-12H2,(H,22,24). The van der Waals surface area contributed by atoms with Crippen LogP contribution in [0.5, 0.6) is 0 Å². The van der Waals surface area contributed by atoms with Crippen LogP contribution < -0.4 is 5.32 Å². The maximum absolute atomic E-state index is 13.2. The van der Waals surface area contributed by atoms with Crippen LogP contribution in [0.1, 0.15) is 22.7 Å². The van der Waals surface area contributed by atoms with Crippen molar-refractivity contribution < 1.29 is 9.18 Å². The van der Waals surface area contributed by atoms with Gasteiger partial charge < -0.3 is 5.32 Å². The number of halogens is 1. The zero-order valence-electron chi connectivity index (χ0n) is 13.7. The van der Waals surface area contributed by atoms with E-state index >= 15 is 0 Å². The van der Waals surface area contributed by atoms with Crippen LogP contribution in [0.3, 0.4) is 0 Å². The summed E-state index contributed by atoms with van der Waals surface area (Å²) in [6.07, 6.45) is 1.28. The molecule has 2 aromatic carbocycles. The summed E-state index contributed by atoms with van der Waals surface area (Å²) in [5.41, 5.74) is 4.66. The molecule has 0 aliphatic rings. The lowest BCUT2D eigenvalue weighted by molar-refractivity contribution is -0.122. The topological polar surface area (TPSA) is 42.0 Å². The van der Waals surface area contributed by atoms with Crippen molar-refractivity contribution in [3.05, 3.63) is 88.1 Å². The van der Waals surface area contributed by atoms with Gasteiger partial charge in [-0.2, -0.15) is 0 Å². The highest BCUT2D eigenvalue weighted by molar-refractivity contribution is 7.07. The van der Waals surface area contributed by atoms with Crippen molar-refractivity contribution in [1.29, 1.82) is 0 Å². The molecule has 3 rings (SSSR count). The van der Waals surface area contributed by atoms with Gasteiger partial charge in [0.2, 0.25) is 5.91 Å². The Hall–Kier alpha value is -2.53. The zero-order chi connectivity index (χ0) is 17.5. The minimum Gasteiger partial charge on any atom is -0.355 e. The number of carbonyl (C=O) groups excluding carboxylic acids is 1. The Kier molecular flexibility index (Phi) is 5.90. The SMILES string of the molecule is O=C(NCCc1cscn1)C(Cc1ccccc1)c1ccc(F)cc1. The molecule has 0 bridgehead atoms. The summed E-state index contributed by atoms with van der Waals surface area (Å²) in [6, 6.07) is 16.0. The minimum absolute atomic E-state index is 0.0503. The van der Waals surface area contributed by atoms with Crippen LogP contribution in [0.25, 0.3) is 0 Å². The number of aromatic nitrogens is 1. The van der Waals surface area contributed by atoms with Crippen LogP contribution in [-0.4, -0.2) is 17.4 Å². The Labute approximate surface area is 150 Å². The molecule has 25 heavy (non-hydrogen) atoms. The van der Waals surface area contributed by atoms with Crippen molar-refractivity contribution in [1.82, 2.24) is 10.3 Å². The molecule has 1 unspecified atom stereocenters. The molecule has 1 heterocycles. The molecular formula is C20H19FN2OS. The van der Waals surface area contributed by atoms with E-state index in [-0.39, 0.29) is 17.6 Å². The summed E-state index contributed by atoms with van der Waals surface area (Å²) in [6.45, 7) is 0.537. The molecule has 3 aromatic rings. The third-order valence-electron chi connectivity index (χ3n) is 4.04. The van der Waals surface area contributed by atoms with E-state index in [1.54, 1.807) is 29.0 Å². The minimum atomic E-state index is -0.349. The normalized spacial score (nSPS) is 11.9. The van der Waals surface area contributed by atoms with Gasteiger partial charge in [-0.25, -0.2) is 9.37 Å². The molecule has 0 spiro atoms. The van der Waals surface area contributed by atoms with Crippen molar-refractivity contribution in [2.24, 2.45) is 0 Å². The number of hydrogen-bond acceptors (Lipinski definition) is 3. The Balaban J connectivity index is 1.70. The Morgan fingerprint density at radius 2 is 1.88 bits per heavy atom. The highest BCUT2D eigenvalue weighted by atomic mass is 32.1. The van der Waals surface area contributed by atoms with Gasteiger partial charge in [0.1, 0.15) is 5.82 Å². The Morgan fingerprint density at radius 1 is 1.12 bits per heavy atom. The number of nitrogens with zero attached hydrogens (tertiary/aromatic N) is 1. The third kappa shape index (κ3) is 4.97. The highest BCUT2D eigenvalue weighted by Gasteiger charge is 2.21. The third-order valence-corrected chi connectivity index (χ3v) is 4.67. The second-order valence-corrected chi connectivity index (χ2v) is 6.53. The van der Waals surface area contributed by atoms with Gasteiger partial charge >= 0.3 is 0 Å². The van der Waals surface area contributed by atoms with Gasteiger partial charge in [0.15, 0.2) is 0 Å². The lowest BCUT2D eigenvalue weighted by Gasteiger charge is -2.17. The summed E-state index contributed by atoms with van der Waals surface area (Å²) in [7, 11) is 0. The van der Waals surface area contributed by atoms with Gasteiger partial charge in [-0.15, -0.1) is 11.3 Å². The van der Waals surface area contributed by atoms with Crippen LogP contribution >= 0.6 is 11.3 Å². The van der Waals surface area contributed by atoms with E-state index in [0.717, 1.165) is 16.8 Å². The van der Waals surface area contributed by atoms with E-state index in [0.29, 0.717) is 19.4 Å². The van der Waals surface area contributed by atoms with Crippen LogP contribution in [0.15, 0.2) is 65.5 Å². The highest BCUT2D eigenvalue weighted by Crippen LogP contribution is 2.22. The van der Waals surface area contributed by atoms with E-state index in [1.165, 1.54) is 12.1 Å². The molecule has 0 fully saturated rings. The average Bonchev–Trinajstić information content (AvgIpc) is 3.15. The van der Waals surface area contributed by atoms with Crippen LogP contribution in [0, 0.1) is 5.82 Å². The molecule has 1 aromatic heterocycles. The maximum atomic E-state index is 13.2. The lowest BCUT2D eigenvalue weighted by atomic mass is 9.91. The van der Waals surface area contributed by atoms with Gasteiger partial charge in [-0.3, -0.25) is 4.79 Å². The predicted molar refractivity (Wildman–Crippen MR) is 98.1 cm³/mol. The fourth-order valence-corrected chi connectivity index (χ4v) is 3.30. The van der Waals surface area contributed by atoms with Crippen molar-refractivity contribution in [3.63, 3.8) is 0 Å². The van der Waals surface area contributed by atoms with Crippen molar-refractivity contribution in [2.45, 2.75) is 18.8 Å². The number of nitrogens with one attached hydrogen (secondary N) is 1. The van der Waals surface area contributed by atoms with E-state index in [2.05, 4.69) is 10.3 Å². The number of amides is 1. The Morgan fingerprint density at radius 3 is 2.56 bits per heavy atom. The molecule has 0 aliphatic carbocycles. The second-order valence-electron chi connectivity index (χ2n) is 5.81. The molecule has 0 radical (unpaired) electrons. The molecule has 0 saturated carbocycles. The average molecular weight is 354 g/mol. The maximum Gasteiger partial charge on any atom is 0.227 e. The van der Waals surface area contributed by atoms with Gasteiger partial charge in [0.25, 0.3) is 0 Å². The van der Waals surface area contributed by atoms with Crippen LogP contribution in [0.2, 0.25) is 0 Å². The number of hydrogen-bond donors (Lipinski definition) is 1. The predicted octanol–water partition coefficient (Wildman–Crippen LogP) is 3.97. The van der Waals surface area contributed by atoms with Crippen LogP contribution in [-0.2, 0) is 17.6 Å². The van der Waals surface area contributed by atoms with Gasteiger partial charge in [-0.05, 0) is 29.7 Å². The summed E-state index contributed by atoms with van der Waals surface area (Å²) in [4.78, 5) is 17.0. The van der Waals surface area contributed by atoms with Crippen LogP contribution in [0.4, 0.5) is 4.39 Å². The first-order chi connectivity index (χ1) is 12.2. The summed E-state index contributed by atoms with van der Waals surface area (Å²) >= 11 is 1.55. The number of rotatable bonds is 7. The number of benzene rings is 2. The van der Waals surface area contributed by atoms with Crippen molar-refractivity contribution in [3.8, 4) is 0 Å². The molecule has 5 heteroatoms. The first kappa shape index (κ1) is 17.3. The fourth-order valence-electron chi connectivity index (χ4n) is 2.70. The quantitative estimate of drug-likeness (QED) is 0.698. The van der Waals surface area contributed by atoms with Gasteiger partial charge in [0, 0.05) is 18.3 Å². The summed E-state index contributed by atoms with van der Waals surface area (Å²) in [5, 5.41) is 4.97. The van der Waals surface area contributed by atoms with Crippen molar-refractivity contribution in [2.75, 3.05) is 6.54 Å². The molecule has 1 N–H and O–H groups in total. The second kappa shape index (κ2) is 8.53. The molecule has 0 saturated heterocycles. The molecule has 3 nitrogen and oxygen atoms in total. The number of thiazole rings is 1. The number of carbonyl (C=O) groups is 1. The molecule has 0 aliphatic heterocycles. The van der Waals surface area contributed by atoms with E-state index in [9.17, 15) is 9.18 Å². The fraction of sp³-hybridized carbons (Fsp3) is 0.200. The molecular weight excluding hydrogens is 335 g/mol. The summed E-state index contributed by atoms with van der Waals surface area (Å²) < 4.78 is 13.2. The van der Waals surface area contributed by atoms with E-state index in [1.807, 2.05) is 35.7 Å². The molecule has 128 valence electrons. The summed E-state index contributed by atoms with van der Waals surface area (Å²) in [5.74, 6) is -0.699. The smallest absolute Gasteiger partial charge is 0.227 e. The zero-order valence-corrected chi connectivity index (χ0v) is 14.5. The van der Waals surface area contributed by atoms with E-state index < -0.39 is 0 Å². The largest absolute Gasteiger partial charge is 0.355 e. The first-order valence-electron chi connectivity index (χ1n) is 8.16. The van der Waals surface area contributed by atoms with E-state index in [4.69, 9.17) is 0 Å². The van der Waals surface area contributed by atoms with Crippen molar-refractivity contribution >= 4 is 17.2 Å².